The van der Waals surface area contributed by atoms with Crippen molar-refractivity contribution in [3.63, 3.8) is 0 Å². The van der Waals surface area contributed by atoms with Crippen molar-refractivity contribution in [3.05, 3.63) is 68.7 Å². The highest BCUT2D eigenvalue weighted by molar-refractivity contribution is 9.10. The third kappa shape index (κ3) is 3.82. The van der Waals surface area contributed by atoms with Crippen LogP contribution in [0.4, 0.5) is 0 Å². The molecule has 19 heavy (non-hydrogen) atoms. The molecule has 0 aliphatic heterocycles. The smallest absolute Gasteiger partial charge is 0.0462 e. The summed E-state index contributed by atoms with van der Waals surface area (Å²) in [7, 11) is 0. The second-order valence-electron chi connectivity index (χ2n) is 4.69. The van der Waals surface area contributed by atoms with Gasteiger partial charge in [0.2, 0.25) is 0 Å². The van der Waals surface area contributed by atoms with E-state index in [9.17, 15) is 0 Å². The van der Waals surface area contributed by atoms with Gasteiger partial charge in [-0.3, -0.25) is 0 Å². The normalized spacial score (nSPS) is 12.4. The van der Waals surface area contributed by atoms with Crippen molar-refractivity contribution < 1.29 is 0 Å². The monoisotopic (exact) mass is 337 g/mol. The number of rotatable bonds is 4. The molecule has 0 saturated heterocycles. The van der Waals surface area contributed by atoms with Crippen molar-refractivity contribution in [2.75, 3.05) is 0 Å². The van der Waals surface area contributed by atoms with Crippen molar-refractivity contribution in [2.45, 2.75) is 26.4 Å². The average molecular weight is 339 g/mol. The van der Waals surface area contributed by atoms with Crippen molar-refractivity contribution in [1.29, 1.82) is 0 Å². The minimum Gasteiger partial charge on any atom is -0.306 e. The molecule has 0 bridgehead atoms. The van der Waals surface area contributed by atoms with Crippen LogP contribution >= 0.6 is 27.5 Å². The molecule has 0 aliphatic rings. The van der Waals surface area contributed by atoms with Gasteiger partial charge >= 0.3 is 0 Å². The zero-order valence-electron chi connectivity index (χ0n) is 11.1. The van der Waals surface area contributed by atoms with Crippen LogP contribution < -0.4 is 5.32 Å². The molecule has 0 fully saturated rings. The number of benzene rings is 2. The minimum atomic E-state index is 0.306. The lowest BCUT2D eigenvalue weighted by atomic mass is 10.0. The van der Waals surface area contributed by atoms with E-state index in [0.29, 0.717) is 6.04 Å². The van der Waals surface area contributed by atoms with E-state index < -0.39 is 0 Å². The molecule has 100 valence electrons. The molecule has 0 amide bonds. The Kier molecular flexibility index (Phi) is 5.03. The van der Waals surface area contributed by atoms with Gasteiger partial charge in [-0.1, -0.05) is 57.9 Å². The zero-order valence-corrected chi connectivity index (χ0v) is 13.4. The number of halogens is 2. The van der Waals surface area contributed by atoms with Crippen molar-refractivity contribution in [3.8, 4) is 0 Å². The van der Waals surface area contributed by atoms with Crippen molar-refractivity contribution in [1.82, 2.24) is 5.32 Å². The molecule has 0 spiro atoms. The average Bonchev–Trinajstić information content (AvgIpc) is 2.38. The van der Waals surface area contributed by atoms with Gasteiger partial charge in [0.25, 0.3) is 0 Å². The van der Waals surface area contributed by atoms with Crippen molar-refractivity contribution in [2.24, 2.45) is 0 Å². The Morgan fingerprint density at radius 3 is 2.63 bits per heavy atom. The molecule has 1 nitrogen and oxygen atoms in total. The summed E-state index contributed by atoms with van der Waals surface area (Å²) < 4.78 is 1.01. The summed E-state index contributed by atoms with van der Waals surface area (Å²) in [5.41, 5.74) is 3.76. The van der Waals surface area contributed by atoms with E-state index in [2.05, 4.69) is 59.4 Å². The summed E-state index contributed by atoms with van der Waals surface area (Å²) in [5, 5.41) is 4.31. The molecule has 0 aliphatic carbocycles. The first-order valence-corrected chi connectivity index (χ1v) is 7.48. The van der Waals surface area contributed by atoms with Gasteiger partial charge in [0, 0.05) is 22.1 Å². The van der Waals surface area contributed by atoms with E-state index in [1.54, 1.807) is 0 Å². The Bertz CT molecular complexity index is 568. The van der Waals surface area contributed by atoms with Crippen LogP contribution in [0.3, 0.4) is 0 Å². The molecule has 1 N–H and O–H groups in total. The minimum absolute atomic E-state index is 0.306. The maximum atomic E-state index is 6.22. The SMILES string of the molecule is Cc1ccccc1C(C)NCc1ccc(Br)cc1Cl. The summed E-state index contributed by atoms with van der Waals surface area (Å²) >= 11 is 9.64. The van der Waals surface area contributed by atoms with Gasteiger partial charge in [-0.2, -0.15) is 0 Å². The fourth-order valence-electron chi connectivity index (χ4n) is 2.11. The Balaban J connectivity index is 2.04. The van der Waals surface area contributed by atoms with Gasteiger partial charge in [0.1, 0.15) is 0 Å². The van der Waals surface area contributed by atoms with Gasteiger partial charge < -0.3 is 5.32 Å². The van der Waals surface area contributed by atoms with Crippen LogP contribution in [0.25, 0.3) is 0 Å². The molecule has 0 saturated carbocycles. The largest absolute Gasteiger partial charge is 0.306 e. The van der Waals surface area contributed by atoms with Gasteiger partial charge in [-0.05, 0) is 42.7 Å². The molecule has 3 heteroatoms. The van der Waals surface area contributed by atoms with E-state index in [4.69, 9.17) is 11.6 Å². The van der Waals surface area contributed by atoms with Crippen LogP contribution in [-0.4, -0.2) is 0 Å². The maximum Gasteiger partial charge on any atom is 0.0462 e. The maximum absolute atomic E-state index is 6.22. The Labute approximate surface area is 128 Å². The highest BCUT2D eigenvalue weighted by atomic mass is 79.9. The van der Waals surface area contributed by atoms with E-state index in [0.717, 1.165) is 21.6 Å². The summed E-state index contributed by atoms with van der Waals surface area (Å²) in [6.45, 7) is 5.08. The molecule has 0 aromatic heterocycles. The third-order valence-corrected chi connectivity index (χ3v) is 4.11. The predicted octanol–water partition coefficient (Wildman–Crippen LogP) is 5.26. The Morgan fingerprint density at radius 1 is 1.21 bits per heavy atom. The fourth-order valence-corrected chi connectivity index (χ4v) is 2.85. The van der Waals surface area contributed by atoms with Crippen LogP contribution in [0.2, 0.25) is 5.02 Å². The summed E-state index contributed by atoms with van der Waals surface area (Å²) in [6, 6.07) is 14.7. The fraction of sp³-hybridized carbons (Fsp3) is 0.250. The summed E-state index contributed by atoms with van der Waals surface area (Å²) in [4.78, 5) is 0. The van der Waals surface area contributed by atoms with Crippen LogP contribution in [0.1, 0.15) is 29.7 Å². The van der Waals surface area contributed by atoms with Crippen LogP contribution in [0, 0.1) is 6.92 Å². The zero-order chi connectivity index (χ0) is 13.8. The summed E-state index contributed by atoms with van der Waals surface area (Å²) in [5.74, 6) is 0. The second-order valence-corrected chi connectivity index (χ2v) is 6.02. The first kappa shape index (κ1) is 14.6. The first-order chi connectivity index (χ1) is 9.08. The standard InChI is InChI=1S/C16H17BrClN/c1-11-5-3-4-6-15(11)12(2)19-10-13-7-8-14(17)9-16(13)18/h3-9,12,19H,10H2,1-2H3. The van der Waals surface area contributed by atoms with E-state index in [1.165, 1.54) is 11.1 Å². The molecule has 0 radical (unpaired) electrons. The molecule has 2 aromatic carbocycles. The lowest BCUT2D eigenvalue weighted by Crippen LogP contribution is -2.19. The van der Waals surface area contributed by atoms with E-state index >= 15 is 0 Å². The van der Waals surface area contributed by atoms with E-state index in [-0.39, 0.29) is 0 Å². The quantitative estimate of drug-likeness (QED) is 0.801. The van der Waals surface area contributed by atoms with Crippen molar-refractivity contribution >= 4 is 27.5 Å². The highest BCUT2D eigenvalue weighted by Crippen LogP contribution is 2.23. The van der Waals surface area contributed by atoms with Crippen LogP contribution in [0.15, 0.2) is 46.9 Å². The predicted molar refractivity (Wildman–Crippen MR) is 85.6 cm³/mol. The second kappa shape index (κ2) is 6.56. The highest BCUT2D eigenvalue weighted by Gasteiger charge is 2.08. The lowest BCUT2D eigenvalue weighted by molar-refractivity contribution is 0.572. The molecular formula is C16H17BrClN. The van der Waals surface area contributed by atoms with E-state index in [1.807, 2.05) is 18.2 Å². The third-order valence-electron chi connectivity index (χ3n) is 3.27. The topological polar surface area (TPSA) is 12.0 Å². The van der Waals surface area contributed by atoms with Crippen LogP contribution in [0.5, 0.6) is 0 Å². The van der Waals surface area contributed by atoms with Gasteiger partial charge in [-0.25, -0.2) is 0 Å². The molecular weight excluding hydrogens is 322 g/mol. The molecule has 0 heterocycles. The number of aryl methyl sites for hydroxylation is 1. The van der Waals surface area contributed by atoms with Gasteiger partial charge in [0.15, 0.2) is 0 Å². The number of nitrogens with one attached hydrogen (secondary N) is 1. The first-order valence-electron chi connectivity index (χ1n) is 6.31. The Morgan fingerprint density at radius 2 is 1.95 bits per heavy atom. The Hall–Kier alpha value is -0.830. The number of hydrogen-bond acceptors (Lipinski definition) is 1. The van der Waals surface area contributed by atoms with Crippen LogP contribution in [-0.2, 0) is 6.54 Å². The molecule has 1 unspecified atom stereocenters. The van der Waals surface area contributed by atoms with Gasteiger partial charge in [0.05, 0.1) is 0 Å². The summed E-state index contributed by atoms with van der Waals surface area (Å²) in [6.07, 6.45) is 0. The molecule has 2 rings (SSSR count). The molecule has 1 atom stereocenters. The number of hydrogen-bond donors (Lipinski definition) is 1. The molecule has 2 aromatic rings. The van der Waals surface area contributed by atoms with Gasteiger partial charge in [-0.15, -0.1) is 0 Å². The lowest BCUT2D eigenvalue weighted by Gasteiger charge is -2.17.